The number of aromatic nitrogens is 2. The van der Waals surface area contributed by atoms with E-state index in [0.717, 1.165) is 22.9 Å². The van der Waals surface area contributed by atoms with Crippen LogP contribution in [0.2, 0.25) is 0 Å². The monoisotopic (exact) mass is 357 g/mol. The highest BCUT2D eigenvalue weighted by atomic mass is 16.1. The van der Waals surface area contributed by atoms with Gasteiger partial charge in [0.05, 0.1) is 0 Å². The maximum Gasteiger partial charge on any atom is 0.221 e. The number of amides is 1. The van der Waals surface area contributed by atoms with E-state index in [2.05, 4.69) is 50.4 Å². The average molecular weight is 357 g/mol. The summed E-state index contributed by atoms with van der Waals surface area (Å²) in [6.45, 7) is 1.49. The van der Waals surface area contributed by atoms with Crippen LogP contribution >= 0.6 is 0 Å². The van der Waals surface area contributed by atoms with Crippen molar-refractivity contribution < 1.29 is 4.79 Å². The van der Waals surface area contributed by atoms with E-state index in [-0.39, 0.29) is 5.91 Å². The molecule has 0 fully saturated rings. The molecule has 0 bridgehead atoms. The Kier molecular flexibility index (Phi) is 4.45. The molecule has 1 heterocycles. The van der Waals surface area contributed by atoms with E-state index < -0.39 is 0 Å². The number of aromatic amines is 1. The Balaban J connectivity index is 1.44. The fraction of sp³-hybridized carbons (Fsp3) is 0.0476. The number of benzene rings is 3. The van der Waals surface area contributed by atoms with E-state index in [1.807, 2.05) is 48.5 Å². The first-order valence-electron chi connectivity index (χ1n) is 8.62. The van der Waals surface area contributed by atoms with Crippen LogP contribution in [-0.4, -0.2) is 16.1 Å². The summed E-state index contributed by atoms with van der Waals surface area (Å²) in [4.78, 5) is 11.1. The second-order valence-corrected chi connectivity index (χ2v) is 6.24. The molecule has 6 nitrogen and oxygen atoms in total. The number of nitrogens with one attached hydrogen (secondary N) is 4. The Morgan fingerprint density at radius 1 is 0.815 bits per heavy atom. The molecule has 0 saturated carbocycles. The maximum atomic E-state index is 11.1. The number of H-pyrrole nitrogens is 1. The molecule has 4 rings (SSSR count). The van der Waals surface area contributed by atoms with Gasteiger partial charge in [-0.2, -0.15) is 5.10 Å². The Labute approximate surface area is 156 Å². The molecule has 4 N–H and O–H groups in total. The summed E-state index contributed by atoms with van der Waals surface area (Å²) in [5, 5.41) is 18.9. The van der Waals surface area contributed by atoms with Crippen LogP contribution in [0.15, 0.2) is 72.8 Å². The molecule has 0 radical (unpaired) electrons. The van der Waals surface area contributed by atoms with Crippen molar-refractivity contribution in [1.82, 2.24) is 10.2 Å². The Morgan fingerprint density at radius 2 is 1.52 bits per heavy atom. The quantitative estimate of drug-likeness (QED) is 0.405. The summed E-state index contributed by atoms with van der Waals surface area (Å²) < 4.78 is 0. The molecule has 6 heteroatoms. The van der Waals surface area contributed by atoms with Crippen LogP contribution in [0.25, 0.3) is 10.8 Å². The van der Waals surface area contributed by atoms with Crippen molar-refractivity contribution in [3.05, 3.63) is 72.8 Å². The summed E-state index contributed by atoms with van der Waals surface area (Å²) in [6, 6.07) is 23.8. The summed E-state index contributed by atoms with van der Waals surface area (Å²) >= 11 is 0. The lowest BCUT2D eigenvalue weighted by Crippen LogP contribution is -2.05. The molecule has 3 aromatic carbocycles. The van der Waals surface area contributed by atoms with Crippen LogP contribution in [0.4, 0.5) is 28.7 Å². The zero-order chi connectivity index (χ0) is 18.6. The zero-order valence-corrected chi connectivity index (χ0v) is 14.8. The van der Waals surface area contributed by atoms with Crippen LogP contribution in [0.3, 0.4) is 0 Å². The number of nitrogens with zero attached hydrogens (tertiary/aromatic N) is 1. The number of hydrogen-bond acceptors (Lipinski definition) is 4. The minimum atomic E-state index is -0.0904. The Hall–Kier alpha value is -3.80. The van der Waals surface area contributed by atoms with Gasteiger partial charge in [-0.25, -0.2) is 0 Å². The van der Waals surface area contributed by atoms with Crippen molar-refractivity contribution in [3.63, 3.8) is 0 Å². The number of hydrogen-bond donors (Lipinski definition) is 4. The number of fused-ring (bicyclic) bond motifs is 1. The van der Waals surface area contributed by atoms with E-state index in [9.17, 15) is 4.79 Å². The van der Waals surface area contributed by atoms with Crippen molar-refractivity contribution in [3.8, 4) is 0 Å². The highest BCUT2D eigenvalue weighted by molar-refractivity contribution is 5.89. The van der Waals surface area contributed by atoms with Gasteiger partial charge in [0.1, 0.15) is 5.82 Å². The largest absolute Gasteiger partial charge is 0.341 e. The normalized spacial score (nSPS) is 10.6. The second-order valence-electron chi connectivity index (χ2n) is 6.24. The second kappa shape index (κ2) is 7.21. The minimum Gasteiger partial charge on any atom is -0.341 e. The molecule has 0 saturated heterocycles. The lowest BCUT2D eigenvalue weighted by molar-refractivity contribution is -0.114. The van der Waals surface area contributed by atoms with Crippen molar-refractivity contribution in [2.75, 3.05) is 16.0 Å². The average Bonchev–Trinajstić information content (AvgIpc) is 3.09. The highest BCUT2D eigenvalue weighted by Gasteiger charge is 2.03. The third kappa shape index (κ3) is 4.07. The zero-order valence-electron chi connectivity index (χ0n) is 14.8. The molecule has 134 valence electrons. The van der Waals surface area contributed by atoms with Gasteiger partial charge in [-0.1, -0.05) is 30.3 Å². The number of rotatable bonds is 5. The van der Waals surface area contributed by atoms with Gasteiger partial charge in [-0.15, -0.1) is 0 Å². The standard InChI is InChI=1S/C21H19N5O/c1-14(27)22-17-8-10-18(11-9-17)23-20-13-21(26-25-20)24-19-7-6-15-4-2-3-5-16(15)12-19/h2-13H,1H3,(H,22,27)(H3,23,24,25,26). The maximum absolute atomic E-state index is 11.1. The first-order chi connectivity index (χ1) is 13.2. The molecule has 1 amide bonds. The lowest BCUT2D eigenvalue weighted by atomic mass is 10.1. The van der Waals surface area contributed by atoms with Gasteiger partial charge in [0.15, 0.2) is 5.82 Å². The minimum absolute atomic E-state index is 0.0904. The van der Waals surface area contributed by atoms with Crippen molar-refractivity contribution in [2.24, 2.45) is 0 Å². The van der Waals surface area contributed by atoms with Gasteiger partial charge in [0.25, 0.3) is 0 Å². The Morgan fingerprint density at radius 3 is 2.30 bits per heavy atom. The smallest absolute Gasteiger partial charge is 0.221 e. The Bertz CT molecular complexity index is 1090. The van der Waals surface area contributed by atoms with Crippen LogP contribution in [-0.2, 0) is 4.79 Å². The fourth-order valence-corrected chi connectivity index (χ4v) is 2.86. The molecule has 0 aliphatic heterocycles. The highest BCUT2D eigenvalue weighted by Crippen LogP contribution is 2.24. The molecule has 4 aromatic rings. The third-order valence-corrected chi connectivity index (χ3v) is 4.08. The van der Waals surface area contributed by atoms with Crippen molar-refractivity contribution in [2.45, 2.75) is 6.92 Å². The van der Waals surface area contributed by atoms with Gasteiger partial charge in [-0.05, 0) is 47.2 Å². The molecular formula is C21H19N5O. The first-order valence-corrected chi connectivity index (χ1v) is 8.62. The number of anilines is 5. The first kappa shape index (κ1) is 16.7. The SMILES string of the molecule is CC(=O)Nc1ccc(Nc2cc(Nc3ccc4ccccc4c3)[nH]n2)cc1. The van der Waals surface area contributed by atoms with E-state index >= 15 is 0 Å². The molecule has 0 unspecified atom stereocenters. The van der Waals surface area contributed by atoms with E-state index in [1.54, 1.807) is 0 Å². The number of carbonyl (C=O) groups excluding carboxylic acids is 1. The van der Waals surface area contributed by atoms with Crippen molar-refractivity contribution >= 4 is 45.4 Å². The van der Waals surface area contributed by atoms with Crippen LogP contribution < -0.4 is 16.0 Å². The predicted molar refractivity (Wildman–Crippen MR) is 110 cm³/mol. The molecule has 0 aliphatic rings. The van der Waals surface area contributed by atoms with Gasteiger partial charge < -0.3 is 16.0 Å². The number of carbonyl (C=O) groups is 1. The van der Waals surface area contributed by atoms with Gasteiger partial charge >= 0.3 is 0 Å². The summed E-state index contributed by atoms with van der Waals surface area (Å²) in [7, 11) is 0. The van der Waals surface area contributed by atoms with Gasteiger partial charge in [0, 0.05) is 30.1 Å². The predicted octanol–water partition coefficient (Wildman–Crippen LogP) is 5.01. The third-order valence-electron chi connectivity index (χ3n) is 4.08. The lowest BCUT2D eigenvalue weighted by Gasteiger charge is -2.06. The van der Waals surface area contributed by atoms with E-state index in [0.29, 0.717) is 5.82 Å². The van der Waals surface area contributed by atoms with Crippen LogP contribution in [0.1, 0.15) is 6.92 Å². The molecule has 0 spiro atoms. The van der Waals surface area contributed by atoms with Crippen LogP contribution in [0.5, 0.6) is 0 Å². The van der Waals surface area contributed by atoms with Gasteiger partial charge in [-0.3, -0.25) is 9.89 Å². The summed E-state index contributed by atoms with van der Waals surface area (Å²) in [5.74, 6) is 1.40. The molecule has 27 heavy (non-hydrogen) atoms. The fourth-order valence-electron chi connectivity index (χ4n) is 2.86. The molecule has 0 atom stereocenters. The molecule has 0 aliphatic carbocycles. The van der Waals surface area contributed by atoms with E-state index in [4.69, 9.17) is 0 Å². The molecular weight excluding hydrogens is 338 g/mol. The summed E-state index contributed by atoms with van der Waals surface area (Å²) in [5.41, 5.74) is 2.63. The van der Waals surface area contributed by atoms with Gasteiger partial charge in [0.2, 0.25) is 5.91 Å². The van der Waals surface area contributed by atoms with E-state index in [1.165, 1.54) is 17.7 Å². The molecule has 1 aromatic heterocycles. The van der Waals surface area contributed by atoms with Crippen LogP contribution in [0, 0.1) is 0 Å². The van der Waals surface area contributed by atoms with Crippen molar-refractivity contribution in [1.29, 1.82) is 0 Å². The summed E-state index contributed by atoms with van der Waals surface area (Å²) in [6.07, 6.45) is 0. The topological polar surface area (TPSA) is 81.8 Å².